The molecule has 0 fully saturated rings. The zero-order chi connectivity index (χ0) is 37.7. The second kappa shape index (κ2) is 36.3. The van der Waals surface area contributed by atoms with Gasteiger partial charge in [-0.15, -0.1) is 0 Å². The number of allylic oxidation sites excluding steroid dienone is 8. The summed E-state index contributed by atoms with van der Waals surface area (Å²) >= 11 is 0. The number of carbonyl (C=O) groups excluding carboxylic acids is 2. The van der Waals surface area contributed by atoms with Crippen molar-refractivity contribution >= 4 is 19.8 Å². The molecule has 3 N–H and O–H groups in total. The quantitative estimate of drug-likeness (QED) is 0.0245. The van der Waals surface area contributed by atoms with E-state index in [0.29, 0.717) is 12.8 Å². The van der Waals surface area contributed by atoms with Crippen LogP contribution in [0.1, 0.15) is 155 Å². The normalized spacial score (nSPS) is 14.5. The molecule has 0 amide bonds. The third-order valence-corrected chi connectivity index (χ3v) is 9.04. The molecule has 0 aliphatic carbocycles. The number of hydrogen-bond acceptors (Lipinski definition) is 9. The molecule has 296 valence electrons. The number of rotatable bonds is 36. The van der Waals surface area contributed by atoms with Gasteiger partial charge in [-0.3, -0.25) is 18.6 Å². The lowest BCUT2D eigenvalue weighted by molar-refractivity contribution is -0.161. The Hall–Kier alpha value is -2.07. The Morgan fingerprint density at radius 1 is 0.608 bits per heavy atom. The number of esters is 2. The fraction of sp³-hybridized carbons (Fsp3) is 0.750. The van der Waals surface area contributed by atoms with Gasteiger partial charge in [0, 0.05) is 12.8 Å². The van der Waals surface area contributed by atoms with Crippen molar-refractivity contribution in [1.29, 1.82) is 0 Å². The molecule has 0 spiro atoms. The van der Waals surface area contributed by atoms with Crippen LogP contribution in [0, 0.1) is 0 Å². The zero-order valence-corrected chi connectivity index (χ0v) is 32.7. The number of phosphoric ester groups is 1. The first-order valence-corrected chi connectivity index (χ1v) is 21.1. The first-order chi connectivity index (χ1) is 24.7. The molecule has 0 aromatic rings. The van der Waals surface area contributed by atoms with Crippen LogP contribution in [0.25, 0.3) is 0 Å². The van der Waals surface area contributed by atoms with Crippen LogP contribution in [-0.4, -0.2) is 65.7 Å². The minimum absolute atomic E-state index is 0.138. The fourth-order valence-corrected chi connectivity index (χ4v) is 5.85. The first-order valence-electron chi connectivity index (χ1n) is 19.6. The van der Waals surface area contributed by atoms with Crippen molar-refractivity contribution in [3.8, 4) is 0 Å². The van der Waals surface area contributed by atoms with Gasteiger partial charge in [-0.2, -0.15) is 0 Å². The number of phosphoric acid groups is 1. The molecule has 2 unspecified atom stereocenters. The van der Waals surface area contributed by atoms with Crippen molar-refractivity contribution in [2.75, 3.05) is 26.4 Å². The van der Waals surface area contributed by atoms with Gasteiger partial charge < -0.3 is 24.6 Å². The lowest BCUT2D eigenvalue weighted by atomic mass is 10.0. The van der Waals surface area contributed by atoms with E-state index in [0.717, 1.165) is 44.9 Å². The summed E-state index contributed by atoms with van der Waals surface area (Å²) in [5.41, 5.74) is 0. The van der Waals surface area contributed by atoms with Gasteiger partial charge in [0.25, 0.3) is 0 Å². The summed E-state index contributed by atoms with van der Waals surface area (Å²) in [6.45, 7) is 2.18. The Morgan fingerprint density at radius 2 is 1.08 bits per heavy atom. The van der Waals surface area contributed by atoms with Gasteiger partial charge >= 0.3 is 19.8 Å². The van der Waals surface area contributed by atoms with Crippen LogP contribution < -0.4 is 0 Å². The van der Waals surface area contributed by atoms with Crippen LogP contribution in [-0.2, 0) is 32.7 Å². The minimum Gasteiger partial charge on any atom is -0.462 e. The predicted molar refractivity (Wildman–Crippen MR) is 205 cm³/mol. The van der Waals surface area contributed by atoms with Crippen molar-refractivity contribution < 1.29 is 47.8 Å². The Bertz CT molecular complexity index is 994. The monoisotopic (exact) mass is 742 g/mol. The highest BCUT2D eigenvalue weighted by Gasteiger charge is 2.27. The number of aliphatic hydroxyl groups is 2. The maximum Gasteiger partial charge on any atom is 0.472 e. The highest BCUT2D eigenvalue weighted by molar-refractivity contribution is 7.47. The Morgan fingerprint density at radius 3 is 1.63 bits per heavy atom. The van der Waals surface area contributed by atoms with Crippen molar-refractivity contribution in [3.05, 3.63) is 48.6 Å². The van der Waals surface area contributed by atoms with Gasteiger partial charge in [-0.05, 0) is 32.1 Å². The number of aliphatic hydroxyl groups excluding tert-OH is 2. The van der Waals surface area contributed by atoms with Crippen LogP contribution in [0.3, 0.4) is 0 Å². The van der Waals surface area contributed by atoms with Crippen molar-refractivity contribution in [2.45, 2.75) is 167 Å². The van der Waals surface area contributed by atoms with Crippen LogP contribution in [0.15, 0.2) is 48.6 Å². The summed E-state index contributed by atoms with van der Waals surface area (Å²) in [6.07, 6.45) is 36.6. The molecule has 11 heteroatoms. The van der Waals surface area contributed by atoms with Gasteiger partial charge in [0.05, 0.1) is 19.8 Å². The average molecular weight is 743 g/mol. The minimum atomic E-state index is -4.62. The molecule has 0 heterocycles. The third-order valence-electron chi connectivity index (χ3n) is 8.09. The standard InChI is InChI=1S/C40H71O10P/c1-3-5-7-9-11-13-15-17-18-20-21-23-25-27-29-31-39(43)47-35-38(36-49-51(45,46)48-34-37(42)33-41)50-40(44)32-30-28-26-24-22-19-16-14-12-10-8-6-4-2/h6,8,10,12,14,16,19,22,37-38,41-42H,3-5,7,9,11,13,15,17-18,20-21,23-36H2,1-2H3,(H,45,46)/b8-6+,12-10+,16-14+,22-19+/t37-,38?/m0/s1. The molecule has 0 radical (unpaired) electrons. The molecule has 0 saturated heterocycles. The fourth-order valence-electron chi connectivity index (χ4n) is 5.06. The molecule has 0 bridgehead atoms. The summed E-state index contributed by atoms with van der Waals surface area (Å²) in [4.78, 5) is 34.8. The van der Waals surface area contributed by atoms with E-state index in [1.807, 2.05) is 36.5 Å². The van der Waals surface area contributed by atoms with Crippen molar-refractivity contribution in [3.63, 3.8) is 0 Å². The van der Waals surface area contributed by atoms with E-state index in [-0.39, 0.29) is 19.4 Å². The molecule has 0 saturated carbocycles. The number of hydrogen-bond donors (Lipinski definition) is 3. The lowest BCUT2D eigenvalue weighted by Gasteiger charge is -2.20. The Balaban J connectivity index is 4.40. The summed E-state index contributed by atoms with van der Waals surface area (Å²) < 4.78 is 32.6. The summed E-state index contributed by atoms with van der Waals surface area (Å²) in [5.74, 6) is -0.971. The topological polar surface area (TPSA) is 149 Å². The molecule has 0 aliphatic rings. The van der Waals surface area contributed by atoms with E-state index in [9.17, 15) is 24.2 Å². The average Bonchev–Trinajstić information content (AvgIpc) is 3.12. The molecule has 0 rings (SSSR count). The van der Waals surface area contributed by atoms with Gasteiger partial charge in [0.15, 0.2) is 6.10 Å². The number of carbonyl (C=O) groups is 2. The summed E-state index contributed by atoms with van der Waals surface area (Å²) in [6, 6.07) is 0. The van der Waals surface area contributed by atoms with Crippen LogP contribution in [0.4, 0.5) is 0 Å². The predicted octanol–water partition coefficient (Wildman–Crippen LogP) is 9.77. The molecule has 0 aromatic carbocycles. The van der Waals surface area contributed by atoms with Crippen LogP contribution >= 0.6 is 7.82 Å². The molecule has 0 aliphatic heterocycles. The highest BCUT2D eigenvalue weighted by Crippen LogP contribution is 2.43. The Kier molecular flexibility index (Phi) is 34.8. The zero-order valence-electron chi connectivity index (χ0n) is 31.8. The molecular weight excluding hydrogens is 671 g/mol. The van der Waals surface area contributed by atoms with Gasteiger partial charge in [-0.1, -0.05) is 159 Å². The van der Waals surface area contributed by atoms with Crippen LogP contribution in [0.5, 0.6) is 0 Å². The highest BCUT2D eigenvalue weighted by atomic mass is 31.2. The van der Waals surface area contributed by atoms with Gasteiger partial charge in [0.1, 0.15) is 12.7 Å². The molecule has 10 nitrogen and oxygen atoms in total. The molecule has 3 atom stereocenters. The molecule has 0 aromatic heterocycles. The summed E-state index contributed by atoms with van der Waals surface area (Å²) in [7, 11) is -4.62. The largest absolute Gasteiger partial charge is 0.472 e. The van der Waals surface area contributed by atoms with Crippen molar-refractivity contribution in [1.82, 2.24) is 0 Å². The Labute approximate surface area is 309 Å². The first kappa shape index (κ1) is 48.9. The maximum atomic E-state index is 12.5. The smallest absolute Gasteiger partial charge is 0.462 e. The van der Waals surface area contributed by atoms with E-state index >= 15 is 0 Å². The van der Waals surface area contributed by atoms with Gasteiger partial charge in [0.2, 0.25) is 0 Å². The number of unbranched alkanes of at least 4 members (excludes halogenated alkanes) is 17. The second-order valence-corrected chi connectivity index (χ2v) is 14.5. The SMILES string of the molecule is CC/C=C/C=C/C=C/C=C/CCCCCC(=O)OC(COC(=O)CCCCCCCCCCCCCCCCC)COP(=O)(O)OC[C@@H](O)CO. The van der Waals surface area contributed by atoms with E-state index in [1.54, 1.807) is 0 Å². The van der Waals surface area contributed by atoms with E-state index < -0.39 is 51.8 Å². The number of ether oxygens (including phenoxy) is 2. The van der Waals surface area contributed by atoms with Gasteiger partial charge in [-0.25, -0.2) is 4.57 Å². The maximum absolute atomic E-state index is 12.5. The van der Waals surface area contributed by atoms with Crippen molar-refractivity contribution in [2.24, 2.45) is 0 Å². The van der Waals surface area contributed by atoms with E-state index in [1.165, 1.54) is 70.6 Å². The third kappa shape index (κ3) is 36.1. The molecule has 51 heavy (non-hydrogen) atoms. The van der Waals surface area contributed by atoms with E-state index in [4.69, 9.17) is 19.1 Å². The van der Waals surface area contributed by atoms with E-state index in [2.05, 4.69) is 30.5 Å². The van der Waals surface area contributed by atoms with Crippen LogP contribution in [0.2, 0.25) is 0 Å². The summed E-state index contributed by atoms with van der Waals surface area (Å²) in [5, 5.41) is 18.3. The molecular formula is C40H71O10P. The lowest BCUT2D eigenvalue weighted by Crippen LogP contribution is -2.29. The second-order valence-electron chi connectivity index (χ2n) is 13.0.